The largest absolute Gasteiger partial charge is 0.356 e. The predicted molar refractivity (Wildman–Crippen MR) is 75.4 cm³/mol. The molecule has 18 heavy (non-hydrogen) atoms. The van der Waals surface area contributed by atoms with Gasteiger partial charge in [0.25, 0.3) is 0 Å². The fraction of sp³-hybridized carbons (Fsp3) is 0.533. The van der Waals surface area contributed by atoms with Crippen LogP contribution in [0.1, 0.15) is 37.3 Å². The molecule has 1 amide bonds. The molecule has 0 radical (unpaired) electrons. The molecule has 1 aromatic rings. The van der Waals surface area contributed by atoms with E-state index >= 15 is 0 Å². The standard InChI is InChI=1S/C15H24N2O/c1-3-4-10-17-15(18)9-11-16-12-14-7-5-13(2)6-8-14/h5-8,16H,3-4,9-12H2,1-2H3,(H,17,18). The van der Waals surface area contributed by atoms with Gasteiger partial charge in [-0.05, 0) is 18.9 Å². The van der Waals surface area contributed by atoms with Crippen molar-refractivity contribution in [1.82, 2.24) is 10.6 Å². The molecule has 0 saturated heterocycles. The van der Waals surface area contributed by atoms with Gasteiger partial charge in [0.2, 0.25) is 5.91 Å². The lowest BCUT2D eigenvalue weighted by atomic mass is 10.1. The Hall–Kier alpha value is -1.35. The van der Waals surface area contributed by atoms with Crippen molar-refractivity contribution in [2.24, 2.45) is 0 Å². The lowest BCUT2D eigenvalue weighted by molar-refractivity contribution is -0.121. The fourth-order valence-electron chi connectivity index (χ4n) is 1.63. The van der Waals surface area contributed by atoms with Crippen LogP contribution in [0.25, 0.3) is 0 Å². The van der Waals surface area contributed by atoms with Crippen LogP contribution in [-0.2, 0) is 11.3 Å². The van der Waals surface area contributed by atoms with Crippen molar-refractivity contribution in [3.63, 3.8) is 0 Å². The Morgan fingerprint density at radius 3 is 2.56 bits per heavy atom. The summed E-state index contributed by atoms with van der Waals surface area (Å²) in [6, 6.07) is 8.44. The van der Waals surface area contributed by atoms with Gasteiger partial charge in [-0.15, -0.1) is 0 Å². The minimum Gasteiger partial charge on any atom is -0.356 e. The van der Waals surface area contributed by atoms with Crippen LogP contribution in [0.3, 0.4) is 0 Å². The number of carbonyl (C=O) groups excluding carboxylic acids is 1. The molecule has 0 atom stereocenters. The van der Waals surface area contributed by atoms with Crippen LogP contribution in [0.2, 0.25) is 0 Å². The van der Waals surface area contributed by atoms with Crippen molar-refractivity contribution in [3.05, 3.63) is 35.4 Å². The summed E-state index contributed by atoms with van der Waals surface area (Å²) in [6.45, 7) is 6.55. The van der Waals surface area contributed by atoms with Crippen molar-refractivity contribution in [2.75, 3.05) is 13.1 Å². The van der Waals surface area contributed by atoms with E-state index in [2.05, 4.69) is 48.7 Å². The SMILES string of the molecule is CCCCNC(=O)CCNCc1ccc(C)cc1. The molecule has 2 N–H and O–H groups in total. The second-order valence-electron chi connectivity index (χ2n) is 4.62. The third kappa shape index (κ3) is 6.40. The number of benzene rings is 1. The highest BCUT2D eigenvalue weighted by Gasteiger charge is 1.99. The summed E-state index contributed by atoms with van der Waals surface area (Å²) in [5.74, 6) is 0.139. The molecule has 1 rings (SSSR count). The molecule has 1 aromatic carbocycles. The third-order valence-corrected chi connectivity index (χ3v) is 2.83. The van der Waals surface area contributed by atoms with Crippen LogP contribution in [0.5, 0.6) is 0 Å². The molecule has 3 heteroatoms. The van der Waals surface area contributed by atoms with Gasteiger partial charge in [0.1, 0.15) is 0 Å². The highest BCUT2D eigenvalue weighted by molar-refractivity contribution is 5.75. The molecule has 0 unspecified atom stereocenters. The number of unbranched alkanes of at least 4 members (excludes halogenated alkanes) is 1. The number of hydrogen-bond acceptors (Lipinski definition) is 2. The van der Waals surface area contributed by atoms with E-state index in [1.54, 1.807) is 0 Å². The highest BCUT2D eigenvalue weighted by Crippen LogP contribution is 2.02. The molecule has 0 bridgehead atoms. The fourth-order valence-corrected chi connectivity index (χ4v) is 1.63. The Kier molecular flexibility index (Phi) is 7.11. The average Bonchev–Trinajstić information content (AvgIpc) is 2.37. The second-order valence-corrected chi connectivity index (χ2v) is 4.62. The van der Waals surface area contributed by atoms with Crippen LogP contribution in [-0.4, -0.2) is 19.0 Å². The Balaban J connectivity index is 2.07. The zero-order valence-electron chi connectivity index (χ0n) is 11.5. The van der Waals surface area contributed by atoms with E-state index in [4.69, 9.17) is 0 Å². The summed E-state index contributed by atoms with van der Waals surface area (Å²) in [4.78, 5) is 11.4. The van der Waals surface area contributed by atoms with Crippen molar-refractivity contribution < 1.29 is 4.79 Å². The van der Waals surface area contributed by atoms with E-state index in [1.807, 2.05) is 0 Å². The first-order valence-electron chi connectivity index (χ1n) is 6.75. The number of carbonyl (C=O) groups is 1. The van der Waals surface area contributed by atoms with Gasteiger partial charge in [0.05, 0.1) is 0 Å². The Bertz CT molecular complexity index is 346. The maximum absolute atomic E-state index is 11.4. The summed E-state index contributed by atoms with van der Waals surface area (Å²) in [5.41, 5.74) is 2.53. The lowest BCUT2D eigenvalue weighted by Gasteiger charge is -2.06. The van der Waals surface area contributed by atoms with Crippen molar-refractivity contribution >= 4 is 5.91 Å². The van der Waals surface area contributed by atoms with Crippen molar-refractivity contribution in [3.8, 4) is 0 Å². The van der Waals surface area contributed by atoms with Gasteiger partial charge in [-0.1, -0.05) is 43.2 Å². The third-order valence-electron chi connectivity index (χ3n) is 2.83. The summed E-state index contributed by atoms with van der Waals surface area (Å²) >= 11 is 0. The normalized spacial score (nSPS) is 10.3. The van der Waals surface area contributed by atoms with Gasteiger partial charge >= 0.3 is 0 Å². The minimum atomic E-state index is 0.139. The Morgan fingerprint density at radius 2 is 1.89 bits per heavy atom. The van der Waals surface area contributed by atoms with E-state index in [0.29, 0.717) is 6.42 Å². The molecule has 0 fully saturated rings. The maximum Gasteiger partial charge on any atom is 0.221 e. The average molecular weight is 248 g/mol. The smallest absolute Gasteiger partial charge is 0.221 e. The zero-order chi connectivity index (χ0) is 13.2. The molecular weight excluding hydrogens is 224 g/mol. The van der Waals surface area contributed by atoms with Gasteiger partial charge in [-0.25, -0.2) is 0 Å². The minimum absolute atomic E-state index is 0.139. The number of rotatable bonds is 8. The van der Waals surface area contributed by atoms with Crippen LogP contribution in [0.15, 0.2) is 24.3 Å². The molecule has 0 aliphatic heterocycles. The number of amides is 1. The molecule has 0 saturated carbocycles. The first-order chi connectivity index (χ1) is 8.72. The number of hydrogen-bond donors (Lipinski definition) is 2. The topological polar surface area (TPSA) is 41.1 Å². The summed E-state index contributed by atoms with van der Waals surface area (Å²) in [6.07, 6.45) is 2.73. The van der Waals surface area contributed by atoms with Crippen LogP contribution < -0.4 is 10.6 Å². The first-order valence-corrected chi connectivity index (χ1v) is 6.75. The number of aryl methyl sites for hydroxylation is 1. The predicted octanol–water partition coefficient (Wildman–Crippen LogP) is 2.39. The molecule has 0 heterocycles. The Morgan fingerprint density at radius 1 is 1.17 bits per heavy atom. The van der Waals surface area contributed by atoms with Crippen molar-refractivity contribution in [2.45, 2.75) is 39.7 Å². The molecule has 0 spiro atoms. The molecule has 0 aliphatic carbocycles. The Labute approximate surface area is 110 Å². The van der Waals surface area contributed by atoms with Crippen LogP contribution in [0.4, 0.5) is 0 Å². The van der Waals surface area contributed by atoms with Gasteiger partial charge < -0.3 is 10.6 Å². The summed E-state index contributed by atoms with van der Waals surface area (Å²) in [7, 11) is 0. The highest BCUT2D eigenvalue weighted by atomic mass is 16.1. The first kappa shape index (κ1) is 14.7. The van der Waals surface area contributed by atoms with Crippen LogP contribution in [0, 0.1) is 6.92 Å². The van der Waals surface area contributed by atoms with E-state index in [1.165, 1.54) is 11.1 Å². The molecule has 3 nitrogen and oxygen atoms in total. The van der Waals surface area contributed by atoms with Gasteiger partial charge in [-0.2, -0.15) is 0 Å². The van der Waals surface area contributed by atoms with Gasteiger partial charge in [0, 0.05) is 26.1 Å². The molecular formula is C15H24N2O. The van der Waals surface area contributed by atoms with E-state index < -0.39 is 0 Å². The summed E-state index contributed by atoms with van der Waals surface area (Å²) < 4.78 is 0. The molecule has 100 valence electrons. The van der Waals surface area contributed by atoms with E-state index in [-0.39, 0.29) is 5.91 Å². The van der Waals surface area contributed by atoms with Gasteiger partial charge in [0.15, 0.2) is 0 Å². The lowest BCUT2D eigenvalue weighted by Crippen LogP contribution is -2.28. The monoisotopic (exact) mass is 248 g/mol. The van der Waals surface area contributed by atoms with E-state index in [0.717, 1.165) is 32.5 Å². The van der Waals surface area contributed by atoms with Gasteiger partial charge in [-0.3, -0.25) is 4.79 Å². The second kappa shape index (κ2) is 8.70. The zero-order valence-corrected chi connectivity index (χ0v) is 11.5. The van der Waals surface area contributed by atoms with E-state index in [9.17, 15) is 4.79 Å². The number of nitrogens with one attached hydrogen (secondary N) is 2. The maximum atomic E-state index is 11.4. The van der Waals surface area contributed by atoms with Crippen LogP contribution >= 0.6 is 0 Å². The quantitative estimate of drug-likeness (QED) is 0.694. The summed E-state index contributed by atoms with van der Waals surface area (Å²) in [5, 5.41) is 6.19. The molecule has 0 aromatic heterocycles. The molecule has 0 aliphatic rings. The van der Waals surface area contributed by atoms with Crippen molar-refractivity contribution in [1.29, 1.82) is 0 Å².